The lowest BCUT2D eigenvalue weighted by Gasteiger charge is -2.31. The molecule has 0 amide bonds. The van der Waals surface area contributed by atoms with Gasteiger partial charge in [0.05, 0.1) is 36.2 Å². The summed E-state index contributed by atoms with van der Waals surface area (Å²) < 4.78 is 5.77. The average Bonchev–Trinajstić information content (AvgIpc) is 3.29. The number of benzene rings is 1. The van der Waals surface area contributed by atoms with Gasteiger partial charge in [-0.1, -0.05) is 0 Å². The molecule has 8 heteroatoms. The molecule has 2 unspecified atom stereocenters. The number of aromatic nitrogens is 4. The Morgan fingerprint density at radius 1 is 1.08 bits per heavy atom. The van der Waals surface area contributed by atoms with Crippen LogP contribution < -0.4 is 16.2 Å². The number of hydrogen-bond donors (Lipinski definition) is 5. The van der Waals surface area contributed by atoms with Crippen molar-refractivity contribution in [1.29, 1.82) is 0 Å². The molecular formula is C18H22N6O2. The zero-order valence-electron chi connectivity index (χ0n) is 14.3. The Hall–Kier alpha value is -2.74. The van der Waals surface area contributed by atoms with Crippen molar-refractivity contribution in [2.45, 2.75) is 37.3 Å². The largest absolute Gasteiger partial charge is 0.380 e. The summed E-state index contributed by atoms with van der Waals surface area (Å²) in [6, 6.07) is 8.23. The maximum absolute atomic E-state index is 11.6. The van der Waals surface area contributed by atoms with Crippen LogP contribution in [0.2, 0.25) is 0 Å². The minimum absolute atomic E-state index is 0.0959. The molecule has 5 rings (SSSR count). The molecule has 8 nitrogen and oxygen atoms in total. The van der Waals surface area contributed by atoms with Crippen LogP contribution in [-0.4, -0.2) is 45.7 Å². The number of anilines is 2. The molecule has 2 aromatic heterocycles. The van der Waals surface area contributed by atoms with Gasteiger partial charge >= 0.3 is 0 Å². The minimum atomic E-state index is -0.0959. The van der Waals surface area contributed by atoms with Gasteiger partial charge in [-0.15, -0.1) is 0 Å². The van der Waals surface area contributed by atoms with Gasteiger partial charge in [0.1, 0.15) is 5.82 Å². The molecule has 0 radical (unpaired) electrons. The van der Waals surface area contributed by atoms with Crippen molar-refractivity contribution in [3.63, 3.8) is 0 Å². The molecule has 2 atom stereocenters. The number of nitrogens with one attached hydrogen (secondary N) is 5. The van der Waals surface area contributed by atoms with E-state index in [-0.39, 0.29) is 17.6 Å². The van der Waals surface area contributed by atoms with Crippen molar-refractivity contribution in [3.05, 3.63) is 40.3 Å². The summed E-state index contributed by atoms with van der Waals surface area (Å²) in [6.07, 6.45) is 3.46. The third-order valence-corrected chi connectivity index (χ3v) is 5.12. The summed E-state index contributed by atoms with van der Waals surface area (Å²) in [6.45, 7) is 1.34. The fraction of sp³-hybridized carbons (Fsp3) is 0.444. The Kier molecular flexibility index (Phi) is 3.70. The molecule has 3 heterocycles. The second-order valence-corrected chi connectivity index (χ2v) is 7.28. The third kappa shape index (κ3) is 3.08. The second kappa shape index (κ2) is 6.21. The highest BCUT2D eigenvalue weighted by molar-refractivity contribution is 5.81. The molecule has 5 N–H and O–H groups in total. The Balaban J connectivity index is 1.23. The first kappa shape index (κ1) is 15.5. The van der Waals surface area contributed by atoms with Crippen LogP contribution >= 0.6 is 0 Å². The molecule has 0 bridgehead atoms. The number of aromatic amines is 3. The van der Waals surface area contributed by atoms with Gasteiger partial charge in [-0.3, -0.25) is 20.1 Å². The quantitative estimate of drug-likeness (QED) is 0.482. The Morgan fingerprint density at radius 2 is 1.92 bits per heavy atom. The van der Waals surface area contributed by atoms with Crippen LogP contribution in [0.1, 0.15) is 30.9 Å². The first-order valence-electron chi connectivity index (χ1n) is 9.11. The third-order valence-electron chi connectivity index (χ3n) is 5.12. The van der Waals surface area contributed by atoms with Crippen LogP contribution in [0.3, 0.4) is 0 Å². The topological polar surface area (TPSA) is 111 Å². The molecule has 1 aliphatic heterocycles. The lowest BCUT2D eigenvalue weighted by molar-refractivity contribution is 0.0784. The highest BCUT2D eigenvalue weighted by atomic mass is 16.5. The standard InChI is InChI=1S/C18H22N6O2/c25-18-14-4-3-11(6-16(14)22-24-18)19-12-5-13(9-26-8-12)20-17-7-15(21-23-17)10-1-2-10/h3-4,6-7,10,12-13,19H,1-2,5,8-9H2,(H2,20,21,23)(H2,22,24,25). The van der Waals surface area contributed by atoms with Crippen LogP contribution in [0.5, 0.6) is 0 Å². The number of rotatable bonds is 5. The first-order chi connectivity index (χ1) is 12.7. The molecule has 26 heavy (non-hydrogen) atoms. The fourth-order valence-corrected chi connectivity index (χ4v) is 3.62. The maximum Gasteiger partial charge on any atom is 0.271 e. The lowest BCUT2D eigenvalue weighted by atomic mass is 10.0. The SMILES string of the molecule is O=c1[nH][nH]c2cc(NC3COCC(Nc4cc(C5CC5)[nH]n4)C3)ccc12. The molecule has 136 valence electrons. The number of nitrogens with zero attached hydrogens (tertiary/aromatic N) is 1. The second-order valence-electron chi connectivity index (χ2n) is 7.28. The van der Waals surface area contributed by atoms with Crippen molar-refractivity contribution in [2.24, 2.45) is 0 Å². The van der Waals surface area contributed by atoms with E-state index in [0.717, 1.165) is 23.4 Å². The Labute approximate surface area is 149 Å². The summed E-state index contributed by atoms with van der Waals surface area (Å²) in [5.41, 5.74) is 2.91. The molecule has 1 saturated carbocycles. The molecule has 2 fully saturated rings. The predicted molar refractivity (Wildman–Crippen MR) is 99.7 cm³/mol. The van der Waals surface area contributed by atoms with Gasteiger partial charge in [0.2, 0.25) is 0 Å². The van der Waals surface area contributed by atoms with E-state index in [1.165, 1.54) is 18.5 Å². The summed E-state index contributed by atoms with van der Waals surface area (Å²) in [5.74, 6) is 1.57. The van der Waals surface area contributed by atoms with E-state index >= 15 is 0 Å². The predicted octanol–water partition coefficient (Wildman–Crippen LogP) is 2.14. The maximum atomic E-state index is 11.6. The van der Waals surface area contributed by atoms with Crippen LogP contribution in [0.25, 0.3) is 10.9 Å². The molecule has 2 aliphatic rings. The van der Waals surface area contributed by atoms with Gasteiger partial charge < -0.3 is 15.4 Å². The zero-order valence-corrected chi connectivity index (χ0v) is 14.3. The van der Waals surface area contributed by atoms with Crippen molar-refractivity contribution in [2.75, 3.05) is 23.8 Å². The monoisotopic (exact) mass is 354 g/mol. The molecule has 0 spiro atoms. The van der Waals surface area contributed by atoms with E-state index in [9.17, 15) is 4.79 Å². The van der Waals surface area contributed by atoms with Crippen molar-refractivity contribution in [3.8, 4) is 0 Å². The van der Waals surface area contributed by atoms with Gasteiger partial charge in [0, 0.05) is 23.4 Å². The Morgan fingerprint density at radius 3 is 2.77 bits per heavy atom. The van der Waals surface area contributed by atoms with Crippen LogP contribution in [0.15, 0.2) is 29.1 Å². The molecule has 3 aromatic rings. The number of fused-ring (bicyclic) bond motifs is 1. The highest BCUT2D eigenvalue weighted by Gasteiger charge is 2.27. The highest BCUT2D eigenvalue weighted by Crippen LogP contribution is 2.39. The van der Waals surface area contributed by atoms with Crippen LogP contribution in [-0.2, 0) is 4.74 Å². The lowest BCUT2D eigenvalue weighted by Crippen LogP contribution is -2.41. The van der Waals surface area contributed by atoms with E-state index in [1.807, 2.05) is 18.2 Å². The molecular weight excluding hydrogens is 332 g/mol. The van der Waals surface area contributed by atoms with Gasteiger partial charge in [0.15, 0.2) is 0 Å². The fourth-order valence-electron chi connectivity index (χ4n) is 3.62. The summed E-state index contributed by atoms with van der Waals surface area (Å²) in [5, 5.41) is 20.6. The number of H-pyrrole nitrogens is 3. The van der Waals surface area contributed by atoms with Gasteiger partial charge in [-0.25, -0.2) is 0 Å². The van der Waals surface area contributed by atoms with E-state index in [2.05, 4.69) is 37.1 Å². The summed E-state index contributed by atoms with van der Waals surface area (Å²) in [7, 11) is 0. The van der Waals surface area contributed by atoms with Crippen molar-refractivity contribution >= 4 is 22.4 Å². The van der Waals surface area contributed by atoms with Crippen molar-refractivity contribution < 1.29 is 4.74 Å². The minimum Gasteiger partial charge on any atom is -0.380 e. The average molecular weight is 354 g/mol. The first-order valence-corrected chi connectivity index (χ1v) is 9.11. The normalized spacial score (nSPS) is 23.2. The number of ether oxygens (including phenoxy) is 1. The van der Waals surface area contributed by atoms with Crippen molar-refractivity contribution in [1.82, 2.24) is 20.4 Å². The molecule has 1 aromatic carbocycles. The van der Waals surface area contributed by atoms with E-state index in [1.54, 1.807) is 0 Å². The zero-order chi connectivity index (χ0) is 17.5. The van der Waals surface area contributed by atoms with Gasteiger partial charge in [0.25, 0.3) is 5.56 Å². The smallest absolute Gasteiger partial charge is 0.271 e. The molecule has 1 aliphatic carbocycles. The molecule has 1 saturated heterocycles. The van der Waals surface area contributed by atoms with E-state index in [4.69, 9.17) is 4.74 Å². The number of hydrogen-bond acceptors (Lipinski definition) is 5. The Bertz CT molecular complexity index is 969. The van der Waals surface area contributed by atoms with E-state index in [0.29, 0.717) is 24.5 Å². The van der Waals surface area contributed by atoms with Gasteiger partial charge in [-0.2, -0.15) is 5.10 Å². The van der Waals surface area contributed by atoms with Crippen LogP contribution in [0, 0.1) is 0 Å². The van der Waals surface area contributed by atoms with E-state index < -0.39 is 0 Å². The van der Waals surface area contributed by atoms with Gasteiger partial charge in [-0.05, 0) is 37.5 Å². The van der Waals surface area contributed by atoms with Crippen LogP contribution in [0.4, 0.5) is 11.5 Å². The summed E-state index contributed by atoms with van der Waals surface area (Å²) in [4.78, 5) is 11.6. The summed E-state index contributed by atoms with van der Waals surface area (Å²) >= 11 is 0.